The molecule has 0 saturated carbocycles. The largest absolute Gasteiger partial charge is 0.481 e. The number of rotatable bonds is 9. The number of carbonyl (C=O) groups excluding carboxylic acids is 3. The summed E-state index contributed by atoms with van der Waals surface area (Å²) in [5.41, 5.74) is 3.48. The van der Waals surface area contributed by atoms with Crippen LogP contribution in [0, 0.1) is 0 Å². The first-order valence-electron chi connectivity index (χ1n) is 9.05. The zero-order valence-corrected chi connectivity index (χ0v) is 15.4. The lowest BCUT2D eigenvalue weighted by atomic mass is 9.94. The Morgan fingerprint density at radius 2 is 1.14 bits per heavy atom. The highest BCUT2D eigenvalue weighted by Gasteiger charge is 2.30. The van der Waals surface area contributed by atoms with Crippen LogP contribution in [0.1, 0.15) is 63.4 Å². The fraction of sp³-hybridized carbons (Fsp3) is 0.227. The molecule has 0 spiro atoms. The lowest BCUT2D eigenvalue weighted by Gasteiger charge is -2.08. The van der Waals surface area contributed by atoms with E-state index in [-0.39, 0.29) is 37.2 Å². The Morgan fingerprint density at radius 3 is 1.48 bits per heavy atom. The third-order valence-electron chi connectivity index (χ3n) is 4.98. The van der Waals surface area contributed by atoms with Crippen LogP contribution in [0.4, 0.5) is 0 Å². The standard InChI is InChI=1S/C22H18O7/c23-11-18-16-9-12(19(24)5-7-21(26)27)1-3-14(16)15-4-2-13(10-17(15)18)20(25)6-8-22(28)29/h1-4,9-11,18H,5-8H2,(H,26,27)(H,28,29). The van der Waals surface area contributed by atoms with Crippen LogP contribution in [0.2, 0.25) is 0 Å². The van der Waals surface area contributed by atoms with Gasteiger partial charge in [-0.25, -0.2) is 0 Å². The van der Waals surface area contributed by atoms with Crippen LogP contribution in [0.15, 0.2) is 36.4 Å². The topological polar surface area (TPSA) is 126 Å². The van der Waals surface area contributed by atoms with Crippen molar-refractivity contribution in [1.29, 1.82) is 0 Å². The predicted octanol–water partition coefficient (Wildman–Crippen LogP) is 3.09. The number of hydrogen-bond acceptors (Lipinski definition) is 5. The quantitative estimate of drug-likeness (QED) is 0.494. The summed E-state index contributed by atoms with van der Waals surface area (Å²) in [5, 5.41) is 17.5. The van der Waals surface area contributed by atoms with Gasteiger partial charge in [-0.05, 0) is 34.4 Å². The number of fused-ring (bicyclic) bond motifs is 3. The Hall–Kier alpha value is -3.61. The minimum Gasteiger partial charge on any atom is -0.481 e. The molecule has 0 radical (unpaired) electrons. The number of hydrogen-bond donors (Lipinski definition) is 2. The summed E-state index contributed by atoms with van der Waals surface area (Å²) in [4.78, 5) is 57.6. The third-order valence-corrected chi connectivity index (χ3v) is 4.98. The predicted molar refractivity (Wildman–Crippen MR) is 102 cm³/mol. The van der Waals surface area contributed by atoms with Crippen molar-refractivity contribution in [3.63, 3.8) is 0 Å². The van der Waals surface area contributed by atoms with Crippen LogP contribution in [0.3, 0.4) is 0 Å². The van der Waals surface area contributed by atoms with Crippen molar-refractivity contribution in [2.24, 2.45) is 0 Å². The fourth-order valence-electron chi connectivity index (χ4n) is 3.52. The third kappa shape index (κ3) is 4.13. The van der Waals surface area contributed by atoms with E-state index in [2.05, 4.69) is 0 Å². The van der Waals surface area contributed by atoms with Crippen LogP contribution in [0.25, 0.3) is 11.1 Å². The van der Waals surface area contributed by atoms with Crippen LogP contribution >= 0.6 is 0 Å². The molecule has 1 aliphatic carbocycles. The lowest BCUT2D eigenvalue weighted by Crippen LogP contribution is -2.06. The number of carboxylic acid groups (broad SMARTS) is 2. The first-order valence-corrected chi connectivity index (χ1v) is 9.05. The summed E-state index contributed by atoms with van der Waals surface area (Å²) in [6.45, 7) is 0. The molecule has 2 N–H and O–H groups in total. The van der Waals surface area contributed by atoms with Crippen LogP contribution in [-0.4, -0.2) is 40.0 Å². The molecule has 0 fully saturated rings. The molecular weight excluding hydrogens is 376 g/mol. The van der Waals surface area contributed by atoms with Gasteiger partial charge < -0.3 is 15.0 Å². The van der Waals surface area contributed by atoms with Gasteiger partial charge in [-0.3, -0.25) is 19.2 Å². The van der Waals surface area contributed by atoms with Crippen molar-refractivity contribution < 1.29 is 34.2 Å². The number of benzene rings is 2. The van der Waals surface area contributed by atoms with Crippen LogP contribution < -0.4 is 0 Å². The molecule has 0 saturated heterocycles. The zero-order valence-electron chi connectivity index (χ0n) is 15.4. The maximum Gasteiger partial charge on any atom is 0.303 e. The highest BCUT2D eigenvalue weighted by Crippen LogP contribution is 2.44. The molecule has 0 bridgehead atoms. The van der Waals surface area contributed by atoms with E-state index in [0.29, 0.717) is 22.3 Å². The molecule has 0 heterocycles. The van der Waals surface area contributed by atoms with Crippen molar-refractivity contribution in [3.05, 3.63) is 58.7 Å². The van der Waals surface area contributed by atoms with E-state index in [4.69, 9.17) is 10.2 Å². The maximum absolute atomic E-state index is 12.2. The van der Waals surface area contributed by atoms with Crippen molar-refractivity contribution >= 4 is 29.8 Å². The van der Waals surface area contributed by atoms with E-state index in [1.165, 1.54) is 0 Å². The molecule has 2 aromatic rings. The molecule has 0 aliphatic heterocycles. The lowest BCUT2D eigenvalue weighted by molar-refractivity contribution is -0.137. The van der Waals surface area contributed by atoms with Crippen molar-refractivity contribution in [2.75, 3.05) is 0 Å². The average molecular weight is 394 g/mol. The van der Waals surface area contributed by atoms with E-state index in [9.17, 15) is 24.0 Å². The van der Waals surface area contributed by atoms with E-state index in [0.717, 1.165) is 17.4 Å². The van der Waals surface area contributed by atoms with Gasteiger partial charge in [0.2, 0.25) is 0 Å². The molecule has 7 nitrogen and oxygen atoms in total. The number of ketones is 2. The van der Waals surface area contributed by atoms with Crippen LogP contribution in [0.5, 0.6) is 0 Å². The highest BCUT2D eigenvalue weighted by molar-refractivity contribution is 6.01. The smallest absolute Gasteiger partial charge is 0.303 e. The molecule has 29 heavy (non-hydrogen) atoms. The van der Waals surface area contributed by atoms with Gasteiger partial charge in [0.05, 0.1) is 18.8 Å². The first kappa shape index (κ1) is 20.1. The van der Waals surface area contributed by atoms with Gasteiger partial charge in [-0.1, -0.05) is 24.3 Å². The molecule has 0 atom stereocenters. The maximum atomic E-state index is 12.2. The second-order valence-corrected chi connectivity index (χ2v) is 6.85. The molecule has 0 aromatic heterocycles. The van der Waals surface area contributed by atoms with Gasteiger partial charge in [-0.15, -0.1) is 0 Å². The molecule has 1 aliphatic rings. The SMILES string of the molecule is O=CC1c2cc(C(=O)CCC(=O)O)ccc2-c2ccc(C(=O)CCC(=O)O)cc21. The second kappa shape index (κ2) is 8.18. The van der Waals surface area contributed by atoms with E-state index in [1.807, 2.05) is 0 Å². The number of aliphatic carboxylic acids is 2. The fourth-order valence-corrected chi connectivity index (χ4v) is 3.52. The van der Waals surface area contributed by atoms with Crippen molar-refractivity contribution in [1.82, 2.24) is 0 Å². The summed E-state index contributed by atoms with van der Waals surface area (Å²) in [6.07, 6.45) is -0.0596. The summed E-state index contributed by atoms with van der Waals surface area (Å²) in [5.74, 6) is -3.41. The van der Waals surface area contributed by atoms with E-state index < -0.39 is 17.9 Å². The van der Waals surface area contributed by atoms with E-state index >= 15 is 0 Å². The van der Waals surface area contributed by atoms with Gasteiger partial charge in [0, 0.05) is 24.0 Å². The van der Waals surface area contributed by atoms with Gasteiger partial charge >= 0.3 is 11.9 Å². The highest BCUT2D eigenvalue weighted by atomic mass is 16.4. The minimum atomic E-state index is -1.06. The second-order valence-electron chi connectivity index (χ2n) is 6.85. The summed E-state index contributed by atoms with van der Waals surface area (Å²) in [7, 11) is 0. The first-order chi connectivity index (χ1) is 13.8. The molecule has 148 valence electrons. The van der Waals surface area contributed by atoms with Crippen molar-refractivity contribution in [2.45, 2.75) is 31.6 Å². The summed E-state index contributed by atoms with van der Waals surface area (Å²) < 4.78 is 0. The summed E-state index contributed by atoms with van der Waals surface area (Å²) in [6, 6.07) is 9.85. The minimum absolute atomic E-state index is 0.130. The Kier molecular flexibility index (Phi) is 5.68. The monoisotopic (exact) mass is 394 g/mol. The number of aldehydes is 1. The number of Topliss-reactive ketones (excluding diaryl/α,β-unsaturated/α-hetero) is 2. The molecule has 7 heteroatoms. The number of carboxylic acids is 2. The number of carbonyl (C=O) groups is 5. The van der Waals surface area contributed by atoms with Gasteiger partial charge in [0.1, 0.15) is 6.29 Å². The summed E-state index contributed by atoms with van der Waals surface area (Å²) >= 11 is 0. The van der Waals surface area contributed by atoms with Crippen molar-refractivity contribution in [3.8, 4) is 11.1 Å². The molecular formula is C22H18O7. The molecule has 0 amide bonds. The zero-order chi connectivity index (χ0) is 21.1. The Labute approximate surface area is 166 Å². The van der Waals surface area contributed by atoms with Crippen LogP contribution in [-0.2, 0) is 14.4 Å². The molecule has 2 aromatic carbocycles. The Bertz CT molecular complexity index is 956. The molecule has 3 rings (SSSR count). The van der Waals surface area contributed by atoms with Gasteiger partial charge in [0.25, 0.3) is 0 Å². The van der Waals surface area contributed by atoms with Gasteiger partial charge in [-0.2, -0.15) is 0 Å². The van der Waals surface area contributed by atoms with E-state index in [1.54, 1.807) is 36.4 Å². The molecule has 0 unspecified atom stereocenters. The van der Waals surface area contributed by atoms with Gasteiger partial charge in [0.15, 0.2) is 11.6 Å². The average Bonchev–Trinajstić information content (AvgIpc) is 3.01. The Morgan fingerprint density at radius 1 is 0.724 bits per heavy atom. The normalized spacial score (nSPS) is 12.1. The Balaban J connectivity index is 1.92.